The zero-order chi connectivity index (χ0) is 13.0. The molecule has 0 bridgehead atoms. The van der Waals surface area contributed by atoms with Gasteiger partial charge in [-0.15, -0.1) is 0 Å². The Morgan fingerprint density at radius 2 is 1.25 bits per heavy atom. The van der Waals surface area contributed by atoms with Crippen LogP contribution < -0.4 is 9.47 Å². The zero-order valence-corrected chi connectivity index (χ0v) is 11.8. The first-order chi connectivity index (χ1) is 7.83. The lowest BCUT2D eigenvalue weighted by Gasteiger charge is -2.10. The van der Waals surface area contributed by atoms with E-state index in [9.17, 15) is 0 Å². The molecule has 2 nitrogen and oxygen atoms in total. The molecule has 0 N–H and O–H groups in total. The molecule has 0 heterocycles. The van der Waals surface area contributed by atoms with Gasteiger partial charge in [-0.05, 0) is 18.6 Å². The molecule has 0 radical (unpaired) electrons. The molecule has 2 heteroatoms. The van der Waals surface area contributed by atoms with Crippen LogP contribution >= 0.6 is 0 Å². The molecule has 0 amide bonds. The fourth-order valence-corrected chi connectivity index (χ4v) is 1.28. The monoisotopic (exact) mass is 226 g/mol. The van der Waals surface area contributed by atoms with Crippen LogP contribution in [0.1, 0.15) is 40.2 Å². The molecule has 94 valence electrons. The maximum absolute atomic E-state index is 5.20. The Balaban J connectivity index is 0. The average Bonchev–Trinajstić information content (AvgIpc) is 2.42. The van der Waals surface area contributed by atoms with E-state index in [2.05, 4.69) is 6.92 Å². The Kier molecular flexibility index (Phi) is 12.8. The van der Waals surface area contributed by atoms with Crippen molar-refractivity contribution in [3.63, 3.8) is 0 Å². The first kappa shape index (κ1) is 17.2. The number of hydrogen-bond acceptors (Lipinski definition) is 2. The van der Waals surface area contributed by atoms with Crippen molar-refractivity contribution < 1.29 is 9.47 Å². The second-order valence-electron chi connectivity index (χ2n) is 2.49. The number of rotatable bonds is 3. The highest BCUT2D eigenvalue weighted by Crippen LogP contribution is 2.28. The summed E-state index contributed by atoms with van der Waals surface area (Å²) in [4.78, 5) is 0. The van der Waals surface area contributed by atoms with Crippen molar-refractivity contribution >= 4 is 0 Å². The smallest absolute Gasteiger partial charge is 0.125 e. The number of ether oxygens (including phenoxy) is 2. The zero-order valence-electron chi connectivity index (χ0n) is 11.8. The van der Waals surface area contributed by atoms with Crippen LogP contribution in [0.5, 0.6) is 11.5 Å². The highest BCUT2D eigenvalue weighted by atomic mass is 16.5. The van der Waals surface area contributed by atoms with Crippen molar-refractivity contribution in [1.29, 1.82) is 0 Å². The predicted molar refractivity (Wildman–Crippen MR) is 71.6 cm³/mol. The largest absolute Gasteiger partial charge is 0.496 e. The summed E-state index contributed by atoms with van der Waals surface area (Å²) in [6.45, 7) is 10.1. The summed E-state index contributed by atoms with van der Waals surface area (Å²) in [6.07, 6.45) is 0.924. The topological polar surface area (TPSA) is 18.5 Å². The van der Waals surface area contributed by atoms with Crippen LogP contribution in [0.25, 0.3) is 0 Å². The van der Waals surface area contributed by atoms with Crippen molar-refractivity contribution in [2.24, 2.45) is 0 Å². The van der Waals surface area contributed by atoms with Crippen LogP contribution in [0.4, 0.5) is 0 Å². The van der Waals surface area contributed by atoms with E-state index in [0.29, 0.717) is 0 Å². The highest BCUT2D eigenvalue weighted by Gasteiger charge is 2.05. The molecule has 1 aromatic carbocycles. The Morgan fingerprint density at radius 1 is 0.875 bits per heavy atom. The molecule has 0 saturated carbocycles. The molecule has 0 aliphatic carbocycles. The molecule has 16 heavy (non-hydrogen) atoms. The van der Waals surface area contributed by atoms with Gasteiger partial charge in [0.15, 0.2) is 0 Å². The van der Waals surface area contributed by atoms with Gasteiger partial charge >= 0.3 is 0 Å². The molecule has 0 aliphatic heterocycles. The van der Waals surface area contributed by atoms with Crippen LogP contribution in [0.2, 0.25) is 0 Å². The lowest BCUT2D eigenvalue weighted by molar-refractivity contribution is 0.386. The van der Waals surface area contributed by atoms with Crippen molar-refractivity contribution in [1.82, 2.24) is 0 Å². The summed E-state index contributed by atoms with van der Waals surface area (Å²) in [6, 6.07) is 5.82. The molecule has 0 spiro atoms. The predicted octanol–water partition coefficient (Wildman–Crippen LogP) is 4.32. The minimum Gasteiger partial charge on any atom is -0.496 e. The van der Waals surface area contributed by atoms with E-state index in [4.69, 9.17) is 9.47 Å². The van der Waals surface area contributed by atoms with Gasteiger partial charge in [0.2, 0.25) is 0 Å². The van der Waals surface area contributed by atoms with Gasteiger partial charge in [0.05, 0.1) is 14.2 Å². The highest BCUT2D eigenvalue weighted by molar-refractivity contribution is 5.44. The summed E-state index contributed by atoms with van der Waals surface area (Å²) in [7, 11) is 3.35. The summed E-state index contributed by atoms with van der Waals surface area (Å²) < 4.78 is 10.4. The van der Waals surface area contributed by atoms with E-state index in [-0.39, 0.29) is 0 Å². The van der Waals surface area contributed by atoms with Gasteiger partial charge < -0.3 is 9.47 Å². The van der Waals surface area contributed by atoms with E-state index in [0.717, 1.165) is 23.5 Å². The van der Waals surface area contributed by atoms with Crippen molar-refractivity contribution in [3.8, 4) is 11.5 Å². The summed E-state index contributed by atoms with van der Waals surface area (Å²) in [5, 5.41) is 0. The first-order valence-electron chi connectivity index (χ1n) is 6.03. The molecule has 0 unspecified atom stereocenters. The van der Waals surface area contributed by atoms with E-state index in [1.165, 1.54) is 0 Å². The molecule has 0 atom stereocenters. The van der Waals surface area contributed by atoms with Gasteiger partial charge in [-0.1, -0.05) is 40.7 Å². The van der Waals surface area contributed by atoms with Crippen LogP contribution in [-0.4, -0.2) is 14.2 Å². The second kappa shape index (κ2) is 11.9. The van der Waals surface area contributed by atoms with Gasteiger partial charge in [0, 0.05) is 5.56 Å². The van der Waals surface area contributed by atoms with Crippen LogP contribution in [0.15, 0.2) is 18.2 Å². The molecular weight excluding hydrogens is 200 g/mol. The van der Waals surface area contributed by atoms with Gasteiger partial charge in [0.25, 0.3) is 0 Å². The van der Waals surface area contributed by atoms with Crippen LogP contribution in [0.3, 0.4) is 0 Å². The van der Waals surface area contributed by atoms with Crippen LogP contribution in [-0.2, 0) is 6.42 Å². The SMILES string of the molecule is CC.CC.CCc1c(OC)cccc1OC. The third kappa shape index (κ3) is 5.06. The number of hydrogen-bond donors (Lipinski definition) is 0. The van der Waals surface area contributed by atoms with E-state index >= 15 is 0 Å². The maximum Gasteiger partial charge on any atom is 0.125 e. The second-order valence-corrected chi connectivity index (χ2v) is 2.49. The van der Waals surface area contributed by atoms with Gasteiger partial charge in [-0.25, -0.2) is 0 Å². The summed E-state index contributed by atoms with van der Waals surface area (Å²) in [5.74, 6) is 1.80. The Hall–Kier alpha value is -1.18. The third-order valence-electron chi connectivity index (χ3n) is 1.88. The lowest BCUT2D eigenvalue weighted by Crippen LogP contribution is -1.94. The first-order valence-corrected chi connectivity index (χ1v) is 6.03. The lowest BCUT2D eigenvalue weighted by atomic mass is 10.1. The van der Waals surface area contributed by atoms with Gasteiger partial charge in [0.1, 0.15) is 11.5 Å². The van der Waals surface area contributed by atoms with Crippen molar-refractivity contribution in [3.05, 3.63) is 23.8 Å². The molecule has 1 rings (SSSR count). The van der Waals surface area contributed by atoms with E-state index in [1.54, 1.807) is 14.2 Å². The average molecular weight is 226 g/mol. The quantitative estimate of drug-likeness (QED) is 0.764. The Labute approximate surface area is 101 Å². The molecule has 0 aromatic heterocycles. The van der Waals surface area contributed by atoms with Crippen LogP contribution in [0, 0.1) is 0 Å². The molecular formula is C14H26O2. The van der Waals surface area contributed by atoms with Gasteiger partial charge in [-0.2, -0.15) is 0 Å². The number of methoxy groups -OCH3 is 2. The summed E-state index contributed by atoms with van der Waals surface area (Å²) >= 11 is 0. The fourth-order valence-electron chi connectivity index (χ4n) is 1.28. The molecule has 1 aromatic rings. The molecule has 0 aliphatic rings. The van der Waals surface area contributed by atoms with Crippen molar-refractivity contribution in [2.45, 2.75) is 41.0 Å². The van der Waals surface area contributed by atoms with Crippen molar-refractivity contribution in [2.75, 3.05) is 14.2 Å². The molecule has 0 saturated heterocycles. The normalized spacial score (nSPS) is 7.94. The Morgan fingerprint density at radius 3 is 1.50 bits per heavy atom. The number of benzene rings is 1. The fraction of sp³-hybridized carbons (Fsp3) is 0.571. The molecule has 0 fully saturated rings. The maximum atomic E-state index is 5.20. The minimum absolute atomic E-state index is 0.900. The summed E-state index contributed by atoms with van der Waals surface area (Å²) in [5.41, 5.74) is 1.13. The van der Waals surface area contributed by atoms with E-state index in [1.807, 2.05) is 45.9 Å². The third-order valence-corrected chi connectivity index (χ3v) is 1.88. The van der Waals surface area contributed by atoms with Gasteiger partial charge in [-0.3, -0.25) is 0 Å². The minimum atomic E-state index is 0.900. The van der Waals surface area contributed by atoms with E-state index < -0.39 is 0 Å². The standard InChI is InChI=1S/C10H14O2.2C2H6/c1-4-8-9(11-2)6-5-7-10(8)12-3;2*1-2/h5-7H,4H2,1-3H3;2*1-2H3. The Bertz CT molecular complexity index is 235.